The zero-order chi connectivity index (χ0) is 15.5. The molecule has 1 aromatic carbocycles. The molecule has 1 saturated heterocycles. The normalized spacial score (nSPS) is 19.6. The van der Waals surface area contributed by atoms with Crippen LogP contribution in [0.5, 0.6) is 0 Å². The molecule has 21 heavy (non-hydrogen) atoms. The Morgan fingerprint density at radius 2 is 1.81 bits per heavy atom. The first kappa shape index (κ1) is 16.7. The fraction of sp³-hybridized carbons (Fsp3) is 0.538. The molecule has 0 radical (unpaired) electrons. The summed E-state index contributed by atoms with van der Waals surface area (Å²) in [5.41, 5.74) is 0. The van der Waals surface area contributed by atoms with Gasteiger partial charge in [-0.25, -0.2) is 8.42 Å². The standard InChI is InChI=1S/C13H19ClN2O4S/c14-12-3-1-2-4-13(12)21(19,20)16-7-5-15(6-8-16)9-11(18)10-17/h1-4,11,17-18H,5-10H2. The molecule has 1 unspecified atom stereocenters. The van der Waals surface area contributed by atoms with E-state index in [1.54, 1.807) is 18.2 Å². The van der Waals surface area contributed by atoms with E-state index >= 15 is 0 Å². The molecule has 1 aliphatic rings. The lowest BCUT2D eigenvalue weighted by molar-refractivity contribution is 0.0491. The number of rotatable bonds is 5. The van der Waals surface area contributed by atoms with Gasteiger partial charge in [-0.3, -0.25) is 4.90 Å². The molecule has 2 N–H and O–H groups in total. The van der Waals surface area contributed by atoms with Crippen LogP contribution in [-0.2, 0) is 10.0 Å². The molecule has 8 heteroatoms. The largest absolute Gasteiger partial charge is 0.394 e. The molecular weight excluding hydrogens is 316 g/mol. The van der Waals surface area contributed by atoms with Crippen LogP contribution < -0.4 is 0 Å². The van der Waals surface area contributed by atoms with E-state index in [-0.39, 0.29) is 16.5 Å². The topological polar surface area (TPSA) is 81.1 Å². The zero-order valence-corrected chi connectivity index (χ0v) is 13.1. The summed E-state index contributed by atoms with van der Waals surface area (Å²) in [6.07, 6.45) is -0.795. The van der Waals surface area contributed by atoms with Gasteiger partial charge in [-0.05, 0) is 12.1 Å². The minimum absolute atomic E-state index is 0.121. The van der Waals surface area contributed by atoms with Gasteiger partial charge >= 0.3 is 0 Å². The molecule has 1 aromatic rings. The summed E-state index contributed by atoms with van der Waals surface area (Å²) in [6, 6.07) is 6.39. The maximum atomic E-state index is 12.5. The Hall–Kier alpha value is -0.700. The second kappa shape index (κ2) is 7.04. The second-order valence-electron chi connectivity index (χ2n) is 4.97. The summed E-state index contributed by atoms with van der Waals surface area (Å²) in [5.74, 6) is 0. The van der Waals surface area contributed by atoms with Crippen molar-refractivity contribution in [3.8, 4) is 0 Å². The van der Waals surface area contributed by atoms with Gasteiger partial charge in [-0.1, -0.05) is 23.7 Å². The van der Waals surface area contributed by atoms with Gasteiger partial charge in [0, 0.05) is 32.7 Å². The van der Waals surface area contributed by atoms with E-state index < -0.39 is 16.1 Å². The number of β-amino-alcohol motifs (C(OH)–C–C–N with tert-alkyl or cyclic N) is 1. The van der Waals surface area contributed by atoms with Gasteiger partial charge in [0.1, 0.15) is 4.90 Å². The highest BCUT2D eigenvalue weighted by Crippen LogP contribution is 2.24. The summed E-state index contributed by atoms with van der Waals surface area (Å²) in [4.78, 5) is 2.05. The second-order valence-corrected chi connectivity index (χ2v) is 7.29. The minimum Gasteiger partial charge on any atom is -0.394 e. The van der Waals surface area contributed by atoms with Crippen molar-refractivity contribution < 1.29 is 18.6 Å². The van der Waals surface area contributed by atoms with Crippen molar-refractivity contribution in [3.05, 3.63) is 29.3 Å². The Morgan fingerprint density at radius 3 is 2.38 bits per heavy atom. The van der Waals surface area contributed by atoms with Crippen LogP contribution in [0.2, 0.25) is 5.02 Å². The molecule has 0 aromatic heterocycles. The van der Waals surface area contributed by atoms with Crippen molar-refractivity contribution >= 4 is 21.6 Å². The fourth-order valence-corrected chi connectivity index (χ4v) is 4.22. The molecule has 0 spiro atoms. The Kier molecular flexibility index (Phi) is 5.59. The van der Waals surface area contributed by atoms with Gasteiger partial charge in [0.25, 0.3) is 0 Å². The highest BCUT2D eigenvalue weighted by molar-refractivity contribution is 7.89. The molecule has 6 nitrogen and oxygen atoms in total. The number of benzene rings is 1. The van der Waals surface area contributed by atoms with Gasteiger partial charge in [0.05, 0.1) is 17.7 Å². The maximum absolute atomic E-state index is 12.5. The average molecular weight is 335 g/mol. The first-order valence-corrected chi connectivity index (χ1v) is 8.53. The van der Waals surface area contributed by atoms with Crippen molar-refractivity contribution in [1.29, 1.82) is 0 Å². The average Bonchev–Trinajstić information content (AvgIpc) is 2.48. The van der Waals surface area contributed by atoms with Crippen LogP contribution in [0.15, 0.2) is 29.2 Å². The molecule has 1 heterocycles. The predicted octanol–water partition coefficient (Wildman–Crippen LogP) is -0.000500. The molecular formula is C13H19ClN2O4S. The van der Waals surface area contributed by atoms with Crippen molar-refractivity contribution in [2.24, 2.45) is 0 Å². The van der Waals surface area contributed by atoms with Crippen LogP contribution in [0.1, 0.15) is 0 Å². The van der Waals surface area contributed by atoms with E-state index in [4.69, 9.17) is 16.7 Å². The number of hydrogen-bond donors (Lipinski definition) is 2. The zero-order valence-electron chi connectivity index (χ0n) is 11.5. The molecule has 1 fully saturated rings. The molecule has 2 rings (SSSR count). The number of aliphatic hydroxyl groups excluding tert-OH is 2. The van der Waals surface area contributed by atoms with Crippen LogP contribution in [-0.4, -0.2) is 73.3 Å². The van der Waals surface area contributed by atoms with Crippen molar-refractivity contribution in [2.45, 2.75) is 11.0 Å². The fourth-order valence-electron chi connectivity index (χ4n) is 2.30. The lowest BCUT2D eigenvalue weighted by atomic mass is 10.3. The van der Waals surface area contributed by atoms with Crippen LogP contribution in [0, 0.1) is 0 Å². The molecule has 0 aliphatic carbocycles. The van der Waals surface area contributed by atoms with E-state index in [0.29, 0.717) is 32.7 Å². The maximum Gasteiger partial charge on any atom is 0.244 e. The third-order valence-corrected chi connectivity index (χ3v) is 5.86. The summed E-state index contributed by atoms with van der Waals surface area (Å²) < 4.78 is 26.5. The van der Waals surface area contributed by atoms with Crippen LogP contribution >= 0.6 is 11.6 Å². The van der Waals surface area contributed by atoms with Gasteiger partial charge in [0.2, 0.25) is 10.0 Å². The number of piperazine rings is 1. The quantitative estimate of drug-likeness (QED) is 0.792. The SMILES string of the molecule is O=S(=O)(c1ccccc1Cl)N1CCN(CC(O)CO)CC1. The summed E-state index contributed by atoms with van der Waals surface area (Å²) >= 11 is 5.97. The van der Waals surface area contributed by atoms with Gasteiger partial charge in [-0.15, -0.1) is 0 Å². The molecule has 1 aliphatic heterocycles. The van der Waals surface area contributed by atoms with Crippen molar-refractivity contribution in [2.75, 3.05) is 39.3 Å². The van der Waals surface area contributed by atoms with Crippen molar-refractivity contribution in [1.82, 2.24) is 9.21 Å². The Morgan fingerprint density at radius 1 is 1.19 bits per heavy atom. The smallest absolute Gasteiger partial charge is 0.244 e. The predicted molar refractivity (Wildman–Crippen MR) is 79.7 cm³/mol. The monoisotopic (exact) mass is 334 g/mol. The van der Waals surface area contributed by atoms with Crippen molar-refractivity contribution in [3.63, 3.8) is 0 Å². The number of halogens is 1. The van der Waals surface area contributed by atoms with Crippen LogP contribution in [0.25, 0.3) is 0 Å². The van der Waals surface area contributed by atoms with E-state index in [1.165, 1.54) is 10.4 Å². The number of nitrogens with zero attached hydrogens (tertiary/aromatic N) is 2. The lowest BCUT2D eigenvalue weighted by Gasteiger charge is -2.34. The van der Waals surface area contributed by atoms with Crippen LogP contribution in [0.4, 0.5) is 0 Å². The van der Waals surface area contributed by atoms with E-state index in [2.05, 4.69) is 0 Å². The Bertz CT molecular complexity index is 573. The van der Waals surface area contributed by atoms with Crippen LogP contribution in [0.3, 0.4) is 0 Å². The third-order valence-electron chi connectivity index (χ3n) is 3.47. The highest BCUT2D eigenvalue weighted by atomic mass is 35.5. The molecule has 1 atom stereocenters. The van der Waals surface area contributed by atoms with Gasteiger partial charge in [0.15, 0.2) is 0 Å². The Balaban J connectivity index is 2.03. The first-order chi connectivity index (χ1) is 9.95. The minimum atomic E-state index is -3.59. The van der Waals surface area contributed by atoms with Gasteiger partial charge < -0.3 is 10.2 Å². The number of aliphatic hydroxyl groups is 2. The lowest BCUT2D eigenvalue weighted by Crippen LogP contribution is -2.50. The van der Waals surface area contributed by atoms with E-state index in [0.717, 1.165) is 0 Å². The Labute approximate surface area is 129 Å². The highest BCUT2D eigenvalue weighted by Gasteiger charge is 2.30. The molecule has 0 bridgehead atoms. The number of sulfonamides is 1. The molecule has 0 saturated carbocycles. The summed E-state index contributed by atoms with van der Waals surface area (Å²) in [5, 5.41) is 18.5. The number of hydrogen-bond acceptors (Lipinski definition) is 5. The first-order valence-electron chi connectivity index (χ1n) is 6.71. The third kappa shape index (κ3) is 3.94. The van der Waals surface area contributed by atoms with E-state index in [9.17, 15) is 13.5 Å². The summed E-state index contributed by atoms with van der Waals surface area (Å²) in [6.45, 7) is 1.76. The molecule has 118 valence electrons. The molecule has 0 amide bonds. The summed E-state index contributed by atoms with van der Waals surface area (Å²) in [7, 11) is -3.59. The van der Waals surface area contributed by atoms with Gasteiger partial charge in [-0.2, -0.15) is 4.31 Å². The van der Waals surface area contributed by atoms with E-state index in [1.807, 2.05) is 4.90 Å².